The molecule has 2 aromatic carbocycles. The summed E-state index contributed by atoms with van der Waals surface area (Å²) in [5, 5.41) is 3.58. The molecule has 2 rings (SSSR count). The van der Waals surface area contributed by atoms with Crippen LogP contribution < -0.4 is 5.32 Å². The van der Waals surface area contributed by atoms with Gasteiger partial charge in [-0.05, 0) is 48.9 Å². The highest BCUT2D eigenvalue weighted by Crippen LogP contribution is 2.17. The highest BCUT2D eigenvalue weighted by molar-refractivity contribution is 9.10. The minimum atomic E-state index is -0.105. The summed E-state index contributed by atoms with van der Waals surface area (Å²) in [7, 11) is 0. The average Bonchev–Trinajstić information content (AvgIpc) is 2.40. The van der Waals surface area contributed by atoms with Crippen molar-refractivity contribution in [2.75, 3.05) is 0 Å². The molecule has 98 valence electrons. The summed E-state index contributed by atoms with van der Waals surface area (Å²) in [5.74, 6) is -0.105. The summed E-state index contributed by atoms with van der Waals surface area (Å²) in [6, 6.07) is 14.7. The lowest BCUT2D eigenvalue weighted by Crippen LogP contribution is -2.26. The molecule has 19 heavy (non-hydrogen) atoms. The molecular formula is C15H13BrClNO. The second-order valence-corrected chi connectivity index (χ2v) is 5.61. The van der Waals surface area contributed by atoms with E-state index >= 15 is 0 Å². The molecule has 0 aliphatic rings. The molecule has 2 nitrogen and oxygen atoms in total. The third-order valence-electron chi connectivity index (χ3n) is 2.82. The second-order valence-electron chi connectivity index (χ2n) is 4.25. The van der Waals surface area contributed by atoms with Crippen LogP contribution in [-0.2, 0) is 0 Å². The van der Waals surface area contributed by atoms with Crippen molar-refractivity contribution in [3.8, 4) is 0 Å². The number of hydrogen-bond acceptors (Lipinski definition) is 1. The van der Waals surface area contributed by atoms with E-state index in [1.807, 2.05) is 31.2 Å². The largest absolute Gasteiger partial charge is 0.346 e. The standard InChI is InChI=1S/C15H13BrClNO/c1-10(11-2-6-13(16)7-3-11)18-15(19)12-4-8-14(17)9-5-12/h2-10H,1H3,(H,18,19)/t10-/m0/s1. The maximum atomic E-state index is 12.0. The molecule has 0 spiro atoms. The fourth-order valence-corrected chi connectivity index (χ4v) is 2.11. The van der Waals surface area contributed by atoms with Gasteiger partial charge in [0.1, 0.15) is 0 Å². The lowest BCUT2D eigenvalue weighted by atomic mass is 10.1. The summed E-state index contributed by atoms with van der Waals surface area (Å²) in [6.45, 7) is 1.96. The first-order chi connectivity index (χ1) is 9.06. The zero-order chi connectivity index (χ0) is 13.8. The van der Waals surface area contributed by atoms with Crippen LogP contribution in [0.15, 0.2) is 53.0 Å². The van der Waals surface area contributed by atoms with E-state index in [0.717, 1.165) is 10.0 Å². The van der Waals surface area contributed by atoms with Gasteiger partial charge >= 0.3 is 0 Å². The van der Waals surface area contributed by atoms with Crippen molar-refractivity contribution >= 4 is 33.4 Å². The van der Waals surface area contributed by atoms with Crippen LogP contribution >= 0.6 is 27.5 Å². The SMILES string of the molecule is C[C@H](NC(=O)c1ccc(Cl)cc1)c1ccc(Br)cc1. The minimum Gasteiger partial charge on any atom is -0.346 e. The van der Waals surface area contributed by atoms with Gasteiger partial charge in [0.2, 0.25) is 0 Å². The molecular weight excluding hydrogens is 326 g/mol. The Hall–Kier alpha value is -1.32. The van der Waals surface area contributed by atoms with Crippen LogP contribution in [0.5, 0.6) is 0 Å². The molecule has 1 amide bonds. The quantitative estimate of drug-likeness (QED) is 0.871. The lowest BCUT2D eigenvalue weighted by molar-refractivity contribution is 0.0940. The van der Waals surface area contributed by atoms with Gasteiger partial charge in [-0.1, -0.05) is 39.7 Å². The number of amides is 1. The number of carbonyl (C=O) groups excluding carboxylic acids is 1. The molecule has 4 heteroatoms. The van der Waals surface area contributed by atoms with Gasteiger partial charge in [-0.2, -0.15) is 0 Å². The molecule has 2 aromatic rings. The van der Waals surface area contributed by atoms with Gasteiger partial charge in [0.05, 0.1) is 6.04 Å². The molecule has 0 saturated carbocycles. The number of benzene rings is 2. The van der Waals surface area contributed by atoms with Gasteiger partial charge in [0.15, 0.2) is 0 Å². The van der Waals surface area contributed by atoms with E-state index in [4.69, 9.17) is 11.6 Å². The first-order valence-electron chi connectivity index (χ1n) is 5.88. The van der Waals surface area contributed by atoms with Crippen LogP contribution in [0.1, 0.15) is 28.9 Å². The van der Waals surface area contributed by atoms with Gasteiger partial charge in [0, 0.05) is 15.1 Å². The van der Waals surface area contributed by atoms with Crippen LogP contribution in [-0.4, -0.2) is 5.91 Å². The third kappa shape index (κ3) is 3.82. The van der Waals surface area contributed by atoms with Crippen molar-refractivity contribution in [2.45, 2.75) is 13.0 Å². The van der Waals surface area contributed by atoms with Crippen molar-refractivity contribution < 1.29 is 4.79 Å². The van der Waals surface area contributed by atoms with Gasteiger partial charge < -0.3 is 5.32 Å². The fraction of sp³-hybridized carbons (Fsp3) is 0.133. The number of rotatable bonds is 3. The summed E-state index contributed by atoms with van der Waals surface area (Å²) in [6.07, 6.45) is 0. The van der Waals surface area contributed by atoms with Crippen molar-refractivity contribution in [1.82, 2.24) is 5.32 Å². The Balaban J connectivity index is 2.06. The van der Waals surface area contributed by atoms with E-state index in [0.29, 0.717) is 10.6 Å². The van der Waals surface area contributed by atoms with E-state index in [9.17, 15) is 4.79 Å². The maximum absolute atomic E-state index is 12.0. The Morgan fingerprint density at radius 1 is 1.11 bits per heavy atom. The first kappa shape index (κ1) is 14.1. The van der Waals surface area contributed by atoms with E-state index in [1.165, 1.54) is 0 Å². The Bertz CT molecular complexity index is 566. The zero-order valence-corrected chi connectivity index (χ0v) is 12.7. The predicted molar refractivity (Wildman–Crippen MR) is 81.5 cm³/mol. The second kappa shape index (κ2) is 6.22. The summed E-state index contributed by atoms with van der Waals surface area (Å²) < 4.78 is 1.02. The summed E-state index contributed by atoms with van der Waals surface area (Å²) in [5.41, 5.74) is 1.67. The summed E-state index contributed by atoms with van der Waals surface area (Å²) >= 11 is 9.19. The number of hydrogen-bond donors (Lipinski definition) is 1. The van der Waals surface area contributed by atoms with E-state index in [1.54, 1.807) is 24.3 Å². The Morgan fingerprint density at radius 2 is 1.68 bits per heavy atom. The van der Waals surface area contributed by atoms with Crippen LogP contribution in [0.4, 0.5) is 0 Å². The van der Waals surface area contributed by atoms with Gasteiger partial charge in [0.25, 0.3) is 5.91 Å². The molecule has 1 N–H and O–H groups in total. The fourth-order valence-electron chi connectivity index (χ4n) is 1.72. The molecule has 0 aliphatic carbocycles. The van der Waals surface area contributed by atoms with E-state index < -0.39 is 0 Å². The average molecular weight is 339 g/mol. The third-order valence-corrected chi connectivity index (χ3v) is 3.60. The molecule has 0 radical (unpaired) electrons. The maximum Gasteiger partial charge on any atom is 0.251 e. The molecule has 0 saturated heterocycles. The molecule has 0 unspecified atom stereocenters. The molecule has 1 atom stereocenters. The smallest absolute Gasteiger partial charge is 0.251 e. The van der Waals surface area contributed by atoms with Crippen molar-refractivity contribution in [3.05, 3.63) is 69.2 Å². The minimum absolute atomic E-state index is 0.0451. The topological polar surface area (TPSA) is 29.1 Å². The number of nitrogens with one attached hydrogen (secondary N) is 1. The highest BCUT2D eigenvalue weighted by Gasteiger charge is 2.11. The van der Waals surface area contributed by atoms with E-state index in [-0.39, 0.29) is 11.9 Å². The van der Waals surface area contributed by atoms with Crippen molar-refractivity contribution in [2.24, 2.45) is 0 Å². The van der Waals surface area contributed by atoms with E-state index in [2.05, 4.69) is 21.2 Å². The first-order valence-corrected chi connectivity index (χ1v) is 7.05. The predicted octanol–water partition coefficient (Wildman–Crippen LogP) is 4.59. The summed E-state index contributed by atoms with van der Waals surface area (Å²) in [4.78, 5) is 12.0. The van der Waals surface area contributed by atoms with Gasteiger partial charge in [-0.15, -0.1) is 0 Å². The zero-order valence-electron chi connectivity index (χ0n) is 10.4. The normalized spacial score (nSPS) is 11.9. The molecule has 0 aromatic heterocycles. The van der Waals surface area contributed by atoms with Crippen molar-refractivity contribution in [3.63, 3.8) is 0 Å². The van der Waals surface area contributed by atoms with Crippen LogP contribution in [0.3, 0.4) is 0 Å². The van der Waals surface area contributed by atoms with Crippen LogP contribution in [0, 0.1) is 0 Å². The van der Waals surface area contributed by atoms with Crippen LogP contribution in [0.2, 0.25) is 5.02 Å². The number of carbonyl (C=O) groups is 1. The highest BCUT2D eigenvalue weighted by atomic mass is 79.9. The Labute approximate surface area is 125 Å². The molecule has 0 fully saturated rings. The Kier molecular flexibility index (Phi) is 4.61. The molecule has 0 heterocycles. The molecule has 0 bridgehead atoms. The van der Waals surface area contributed by atoms with Gasteiger partial charge in [-0.25, -0.2) is 0 Å². The monoisotopic (exact) mass is 337 g/mol. The van der Waals surface area contributed by atoms with Crippen molar-refractivity contribution in [1.29, 1.82) is 0 Å². The Morgan fingerprint density at radius 3 is 2.26 bits per heavy atom. The van der Waals surface area contributed by atoms with Crippen LogP contribution in [0.25, 0.3) is 0 Å². The lowest BCUT2D eigenvalue weighted by Gasteiger charge is -2.14. The molecule has 0 aliphatic heterocycles. The number of halogens is 2. The van der Waals surface area contributed by atoms with Gasteiger partial charge in [-0.3, -0.25) is 4.79 Å².